The van der Waals surface area contributed by atoms with Gasteiger partial charge >= 0.3 is 0 Å². The van der Waals surface area contributed by atoms with Gasteiger partial charge < -0.3 is 9.73 Å². The van der Waals surface area contributed by atoms with Crippen molar-refractivity contribution < 1.29 is 4.42 Å². The monoisotopic (exact) mass is 401 g/mol. The lowest BCUT2D eigenvalue weighted by Crippen LogP contribution is -2.21. The van der Waals surface area contributed by atoms with E-state index in [0.29, 0.717) is 0 Å². The molecule has 1 aromatic carbocycles. The molecule has 0 radical (unpaired) electrons. The molecule has 0 fully saturated rings. The molecule has 0 bridgehead atoms. The number of furan rings is 1. The number of aryl methyl sites for hydroxylation is 1. The van der Waals surface area contributed by atoms with Crippen LogP contribution in [0.25, 0.3) is 23.0 Å². The van der Waals surface area contributed by atoms with Gasteiger partial charge in [0.15, 0.2) is 5.65 Å². The molecular formula is C24H27N5O. The predicted molar refractivity (Wildman–Crippen MR) is 121 cm³/mol. The molecule has 30 heavy (non-hydrogen) atoms. The Bertz CT molecular complexity index is 1130. The van der Waals surface area contributed by atoms with Gasteiger partial charge in [-0.3, -0.25) is 4.90 Å². The summed E-state index contributed by atoms with van der Waals surface area (Å²) in [7, 11) is 2.10. The first-order valence-corrected chi connectivity index (χ1v) is 10.2. The molecule has 1 N–H and O–H groups in total. The second-order valence-electron chi connectivity index (χ2n) is 7.48. The fraction of sp³-hybridized carbons (Fsp3) is 0.250. The number of fused-ring (bicyclic) bond motifs is 1. The third-order valence-electron chi connectivity index (χ3n) is 5.17. The van der Waals surface area contributed by atoms with Crippen molar-refractivity contribution in [2.24, 2.45) is 0 Å². The van der Waals surface area contributed by atoms with Crippen LogP contribution < -0.4 is 5.32 Å². The number of hydrogen-bond donors (Lipinski definition) is 1. The van der Waals surface area contributed by atoms with E-state index in [9.17, 15) is 0 Å². The van der Waals surface area contributed by atoms with Gasteiger partial charge in [-0.1, -0.05) is 36.9 Å². The number of anilines is 1. The van der Waals surface area contributed by atoms with Crippen LogP contribution in [0.4, 0.5) is 5.82 Å². The summed E-state index contributed by atoms with van der Waals surface area (Å²) < 4.78 is 7.27. The standard InChI is InChI=1S/C24H27N5O/c1-4-19-16-26-29-23(25-12-8-13-28(3)17-20-10-7-14-30-20)15-22(27-24(19)29)21-11-6-5-9-18(21)2/h4-7,9-11,14-16,25H,1,8,12-13,17H2,2-3H3. The van der Waals surface area contributed by atoms with E-state index in [1.807, 2.05) is 28.8 Å². The quantitative estimate of drug-likeness (QED) is 0.405. The fourth-order valence-corrected chi connectivity index (χ4v) is 3.56. The van der Waals surface area contributed by atoms with Crippen LogP contribution in [-0.2, 0) is 6.54 Å². The van der Waals surface area contributed by atoms with E-state index in [0.717, 1.165) is 60.1 Å². The Hall–Kier alpha value is -3.38. The van der Waals surface area contributed by atoms with E-state index in [4.69, 9.17) is 9.40 Å². The van der Waals surface area contributed by atoms with Crippen molar-refractivity contribution in [1.29, 1.82) is 0 Å². The summed E-state index contributed by atoms with van der Waals surface area (Å²) >= 11 is 0. The highest BCUT2D eigenvalue weighted by Crippen LogP contribution is 2.26. The molecule has 3 heterocycles. The average Bonchev–Trinajstić information content (AvgIpc) is 3.40. The molecule has 0 amide bonds. The second kappa shape index (κ2) is 8.97. The van der Waals surface area contributed by atoms with E-state index < -0.39 is 0 Å². The van der Waals surface area contributed by atoms with Gasteiger partial charge in [-0.25, -0.2) is 4.98 Å². The third kappa shape index (κ3) is 4.28. The topological polar surface area (TPSA) is 58.6 Å². The number of hydrogen-bond acceptors (Lipinski definition) is 5. The molecule has 0 atom stereocenters. The number of rotatable bonds is 9. The Morgan fingerprint density at radius 2 is 2.10 bits per heavy atom. The normalized spacial score (nSPS) is 11.3. The Labute approximate surface area is 176 Å². The van der Waals surface area contributed by atoms with Crippen LogP contribution in [0, 0.1) is 6.92 Å². The summed E-state index contributed by atoms with van der Waals surface area (Å²) in [4.78, 5) is 7.12. The van der Waals surface area contributed by atoms with Crippen molar-refractivity contribution in [1.82, 2.24) is 19.5 Å². The van der Waals surface area contributed by atoms with Crippen LogP contribution in [0.5, 0.6) is 0 Å². The molecule has 0 aliphatic heterocycles. The molecule has 0 unspecified atom stereocenters. The Morgan fingerprint density at radius 1 is 1.23 bits per heavy atom. The fourth-order valence-electron chi connectivity index (χ4n) is 3.56. The largest absolute Gasteiger partial charge is 0.468 e. The first kappa shape index (κ1) is 19.9. The smallest absolute Gasteiger partial charge is 0.165 e. The molecule has 0 aliphatic rings. The van der Waals surface area contributed by atoms with E-state index in [-0.39, 0.29) is 0 Å². The van der Waals surface area contributed by atoms with E-state index in [1.165, 1.54) is 5.56 Å². The number of nitrogens with one attached hydrogen (secondary N) is 1. The highest BCUT2D eigenvalue weighted by molar-refractivity contribution is 5.73. The molecule has 0 saturated carbocycles. The highest BCUT2D eigenvalue weighted by Gasteiger charge is 2.12. The summed E-state index contributed by atoms with van der Waals surface area (Å²) in [6.07, 6.45) is 6.31. The van der Waals surface area contributed by atoms with Gasteiger partial charge in [-0.15, -0.1) is 0 Å². The molecule has 0 aliphatic carbocycles. The summed E-state index contributed by atoms with van der Waals surface area (Å²) in [5.74, 6) is 1.91. The molecule has 0 spiro atoms. The molecule has 4 aromatic rings. The zero-order chi connectivity index (χ0) is 20.9. The lowest BCUT2D eigenvalue weighted by Gasteiger charge is -2.16. The lowest BCUT2D eigenvalue weighted by molar-refractivity contribution is 0.294. The molecule has 3 aromatic heterocycles. The molecule has 154 valence electrons. The molecule has 0 saturated heterocycles. The SMILES string of the molecule is C=Cc1cnn2c(NCCCN(C)Cc3ccco3)cc(-c3ccccc3C)nc12. The first-order chi connectivity index (χ1) is 14.7. The second-order valence-corrected chi connectivity index (χ2v) is 7.48. The van der Waals surface area contributed by atoms with E-state index in [1.54, 1.807) is 18.5 Å². The maximum absolute atomic E-state index is 5.42. The number of benzene rings is 1. The van der Waals surface area contributed by atoms with Crippen LogP contribution in [-0.4, -0.2) is 39.6 Å². The van der Waals surface area contributed by atoms with Gasteiger partial charge in [-0.2, -0.15) is 9.61 Å². The van der Waals surface area contributed by atoms with Gasteiger partial charge in [0, 0.05) is 23.7 Å². The Balaban J connectivity index is 1.50. The maximum atomic E-state index is 5.42. The van der Waals surface area contributed by atoms with Crippen LogP contribution in [0.15, 0.2) is 65.9 Å². The van der Waals surface area contributed by atoms with Crippen molar-refractivity contribution in [2.75, 3.05) is 25.5 Å². The first-order valence-electron chi connectivity index (χ1n) is 10.2. The highest BCUT2D eigenvalue weighted by atomic mass is 16.3. The molecular weight excluding hydrogens is 374 g/mol. The summed E-state index contributed by atoms with van der Waals surface area (Å²) in [6, 6.07) is 14.3. The van der Waals surface area contributed by atoms with Crippen molar-refractivity contribution in [3.8, 4) is 11.3 Å². The van der Waals surface area contributed by atoms with Gasteiger partial charge in [0.1, 0.15) is 11.6 Å². The van der Waals surface area contributed by atoms with Crippen molar-refractivity contribution in [3.63, 3.8) is 0 Å². The van der Waals surface area contributed by atoms with Crippen LogP contribution in [0.3, 0.4) is 0 Å². The van der Waals surface area contributed by atoms with Crippen molar-refractivity contribution in [2.45, 2.75) is 19.9 Å². The Kier molecular flexibility index (Phi) is 5.95. The minimum Gasteiger partial charge on any atom is -0.468 e. The third-order valence-corrected chi connectivity index (χ3v) is 5.17. The molecule has 6 heteroatoms. The van der Waals surface area contributed by atoms with Crippen LogP contribution in [0.1, 0.15) is 23.3 Å². The van der Waals surface area contributed by atoms with E-state index >= 15 is 0 Å². The molecule has 6 nitrogen and oxygen atoms in total. The van der Waals surface area contributed by atoms with Crippen LogP contribution in [0.2, 0.25) is 0 Å². The Morgan fingerprint density at radius 3 is 2.87 bits per heavy atom. The van der Waals surface area contributed by atoms with E-state index in [2.05, 4.69) is 54.1 Å². The summed E-state index contributed by atoms with van der Waals surface area (Å²) in [5.41, 5.74) is 4.98. The predicted octanol–water partition coefficient (Wildman–Crippen LogP) is 4.87. The lowest BCUT2D eigenvalue weighted by atomic mass is 10.1. The van der Waals surface area contributed by atoms with Gasteiger partial charge in [0.25, 0.3) is 0 Å². The van der Waals surface area contributed by atoms with Crippen molar-refractivity contribution >= 4 is 17.5 Å². The van der Waals surface area contributed by atoms with Gasteiger partial charge in [0.05, 0.1) is 24.7 Å². The van der Waals surface area contributed by atoms with Crippen LogP contribution >= 0.6 is 0 Å². The zero-order valence-electron chi connectivity index (χ0n) is 17.5. The zero-order valence-corrected chi connectivity index (χ0v) is 17.5. The average molecular weight is 402 g/mol. The molecule has 4 rings (SSSR count). The maximum Gasteiger partial charge on any atom is 0.165 e. The minimum atomic E-state index is 0.809. The van der Waals surface area contributed by atoms with Crippen molar-refractivity contribution in [3.05, 3.63) is 78.4 Å². The summed E-state index contributed by atoms with van der Waals surface area (Å²) in [5, 5.41) is 8.05. The van der Waals surface area contributed by atoms with Gasteiger partial charge in [-0.05, 0) is 44.6 Å². The number of nitrogens with zero attached hydrogens (tertiary/aromatic N) is 4. The van der Waals surface area contributed by atoms with Gasteiger partial charge in [0.2, 0.25) is 0 Å². The minimum absolute atomic E-state index is 0.809. The number of aromatic nitrogens is 3. The summed E-state index contributed by atoms with van der Waals surface area (Å²) in [6.45, 7) is 8.61.